The lowest BCUT2D eigenvalue weighted by molar-refractivity contribution is -0.554. The number of halogens is 1. The summed E-state index contributed by atoms with van der Waals surface area (Å²) in [7, 11) is 0. The molecule has 2 aliphatic rings. The first-order valence-electron chi connectivity index (χ1n) is 7.63. The van der Waals surface area contributed by atoms with Gasteiger partial charge in [-0.15, -0.1) is 0 Å². The lowest BCUT2D eigenvalue weighted by Gasteiger charge is -2.44. The highest BCUT2D eigenvalue weighted by atomic mass is 19.1. The van der Waals surface area contributed by atoms with Crippen LogP contribution in [0.3, 0.4) is 0 Å². The number of nitrogens with zero attached hydrogens (tertiary/aromatic N) is 1. The van der Waals surface area contributed by atoms with Crippen LogP contribution in [0, 0.1) is 15.9 Å². The van der Waals surface area contributed by atoms with Crippen LogP contribution in [0.25, 0.3) is 0 Å². The average molecular weight is 307 g/mol. The van der Waals surface area contributed by atoms with Gasteiger partial charge in [0.25, 0.3) is 6.04 Å². The molecule has 0 amide bonds. The zero-order chi connectivity index (χ0) is 15.7. The number of rotatable bonds is 2. The van der Waals surface area contributed by atoms with Crippen LogP contribution in [0.1, 0.15) is 50.0 Å². The second-order valence-electron chi connectivity index (χ2n) is 6.16. The van der Waals surface area contributed by atoms with Crippen molar-refractivity contribution in [3.8, 4) is 0 Å². The fourth-order valence-electron chi connectivity index (χ4n) is 3.93. The van der Waals surface area contributed by atoms with Crippen LogP contribution in [0.2, 0.25) is 0 Å². The van der Waals surface area contributed by atoms with Crippen LogP contribution >= 0.6 is 0 Å². The number of hydrogen-bond donors (Lipinski definition) is 0. The number of ether oxygens (including phenoxy) is 1. The van der Waals surface area contributed by atoms with Crippen molar-refractivity contribution in [2.24, 2.45) is 0 Å². The van der Waals surface area contributed by atoms with E-state index < -0.39 is 29.3 Å². The number of hydrogen-bond acceptors (Lipinski definition) is 4. The molecule has 2 atom stereocenters. The van der Waals surface area contributed by atoms with E-state index in [0.29, 0.717) is 12.8 Å². The van der Waals surface area contributed by atoms with Gasteiger partial charge in [0.05, 0.1) is 12.3 Å². The van der Waals surface area contributed by atoms with Crippen molar-refractivity contribution in [3.63, 3.8) is 0 Å². The zero-order valence-electron chi connectivity index (χ0n) is 12.2. The predicted octanol–water partition coefficient (Wildman–Crippen LogP) is 3.20. The molecule has 0 radical (unpaired) electrons. The van der Waals surface area contributed by atoms with E-state index in [4.69, 9.17) is 4.74 Å². The molecule has 6 heteroatoms. The highest BCUT2D eigenvalue weighted by Crippen LogP contribution is 2.46. The minimum absolute atomic E-state index is 0.145. The zero-order valence-corrected chi connectivity index (χ0v) is 12.2. The molecule has 0 N–H and O–H groups in total. The van der Waals surface area contributed by atoms with E-state index in [1.54, 1.807) is 6.07 Å². The molecule has 5 nitrogen and oxygen atoms in total. The summed E-state index contributed by atoms with van der Waals surface area (Å²) in [4.78, 5) is 23.4. The van der Waals surface area contributed by atoms with E-state index in [0.717, 1.165) is 19.3 Å². The van der Waals surface area contributed by atoms with Gasteiger partial charge in [0.1, 0.15) is 5.82 Å². The number of esters is 1. The van der Waals surface area contributed by atoms with Crippen molar-refractivity contribution < 1.29 is 18.8 Å². The van der Waals surface area contributed by atoms with E-state index in [2.05, 4.69) is 0 Å². The molecule has 2 fully saturated rings. The van der Waals surface area contributed by atoms with Crippen molar-refractivity contribution in [2.45, 2.75) is 56.1 Å². The van der Waals surface area contributed by atoms with E-state index >= 15 is 0 Å². The van der Waals surface area contributed by atoms with Crippen LogP contribution in [0.5, 0.6) is 0 Å². The quantitative estimate of drug-likeness (QED) is 0.478. The highest BCUT2D eigenvalue weighted by molar-refractivity contribution is 5.72. The Morgan fingerprint density at radius 3 is 2.55 bits per heavy atom. The number of benzene rings is 1. The first-order chi connectivity index (χ1) is 10.5. The molecular weight excluding hydrogens is 289 g/mol. The third-order valence-corrected chi connectivity index (χ3v) is 4.86. The lowest BCUT2D eigenvalue weighted by Crippen LogP contribution is -2.57. The van der Waals surface area contributed by atoms with Gasteiger partial charge in [-0.05, 0) is 37.3 Å². The molecule has 3 rings (SSSR count). The topological polar surface area (TPSA) is 69.4 Å². The van der Waals surface area contributed by atoms with Gasteiger partial charge < -0.3 is 4.74 Å². The molecule has 0 unspecified atom stereocenters. The maximum Gasteiger partial charge on any atom is 0.307 e. The average Bonchev–Trinajstić information content (AvgIpc) is 2.47. The molecule has 1 heterocycles. The molecule has 1 aromatic rings. The van der Waals surface area contributed by atoms with Gasteiger partial charge in [-0.25, -0.2) is 4.39 Å². The SMILES string of the molecule is O=C1C[C@@H](c2ccccc2F)[C@@H]([N+](=O)[O-])C2(CCCCC2)O1. The minimum Gasteiger partial charge on any atom is -0.452 e. The molecule has 1 aliphatic carbocycles. The standard InChI is InChI=1S/C16H18FNO4/c17-13-7-3-2-6-11(13)12-10-14(19)22-16(15(12)18(20)21)8-4-1-5-9-16/h2-3,6-7,12,15H,1,4-5,8-10H2/t12-,15+/m0/s1. The summed E-state index contributed by atoms with van der Waals surface area (Å²) < 4.78 is 19.6. The summed E-state index contributed by atoms with van der Waals surface area (Å²) in [5.41, 5.74) is -0.838. The van der Waals surface area contributed by atoms with E-state index in [1.807, 2.05) is 0 Å². The predicted molar refractivity (Wildman–Crippen MR) is 76.4 cm³/mol. The normalized spacial score (nSPS) is 27.4. The first-order valence-corrected chi connectivity index (χ1v) is 7.63. The first kappa shape index (κ1) is 14.9. The Balaban J connectivity index is 2.05. The molecule has 1 saturated heterocycles. The summed E-state index contributed by atoms with van der Waals surface area (Å²) >= 11 is 0. The van der Waals surface area contributed by atoms with Crippen LogP contribution in [-0.4, -0.2) is 22.5 Å². The molecule has 1 aliphatic heterocycles. The Kier molecular flexibility index (Phi) is 3.85. The Morgan fingerprint density at radius 2 is 1.91 bits per heavy atom. The van der Waals surface area contributed by atoms with Gasteiger partial charge >= 0.3 is 5.97 Å². The summed E-state index contributed by atoms with van der Waals surface area (Å²) in [5.74, 6) is -1.73. The maximum atomic E-state index is 14.1. The van der Waals surface area contributed by atoms with E-state index in [9.17, 15) is 19.3 Å². The smallest absolute Gasteiger partial charge is 0.307 e. The maximum absolute atomic E-state index is 14.1. The molecule has 1 saturated carbocycles. The van der Waals surface area contributed by atoms with Crippen molar-refractivity contribution in [1.29, 1.82) is 0 Å². The summed E-state index contributed by atoms with van der Waals surface area (Å²) in [5, 5.41) is 11.7. The van der Waals surface area contributed by atoms with Crippen molar-refractivity contribution in [2.75, 3.05) is 0 Å². The van der Waals surface area contributed by atoms with Crippen molar-refractivity contribution >= 4 is 5.97 Å². The monoisotopic (exact) mass is 307 g/mol. The second-order valence-corrected chi connectivity index (χ2v) is 6.16. The molecule has 22 heavy (non-hydrogen) atoms. The second kappa shape index (κ2) is 5.66. The van der Waals surface area contributed by atoms with Gasteiger partial charge in [-0.2, -0.15) is 0 Å². The molecule has 0 bridgehead atoms. The molecule has 118 valence electrons. The third kappa shape index (κ3) is 2.46. The Bertz CT molecular complexity index is 598. The minimum atomic E-state index is -1.08. The van der Waals surface area contributed by atoms with Crippen molar-refractivity contribution in [1.82, 2.24) is 0 Å². The van der Waals surface area contributed by atoms with Crippen LogP contribution in [0.15, 0.2) is 24.3 Å². The lowest BCUT2D eigenvalue weighted by atomic mass is 9.70. The number of carbonyl (C=O) groups excluding carboxylic acids is 1. The van der Waals surface area contributed by atoms with Crippen LogP contribution < -0.4 is 0 Å². The van der Waals surface area contributed by atoms with Crippen LogP contribution in [-0.2, 0) is 9.53 Å². The number of carbonyl (C=O) groups is 1. The third-order valence-electron chi connectivity index (χ3n) is 4.86. The van der Waals surface area contributed by atoms with Gasteiger partial charge in [0.2, 0.25) is 0 Å². The van der Waals surface area contributed by atoms with E-state index in [1.165, 1.54) is 18.2 Å². The summed E-state index contributed by atoms with van der Waals surface area (Å²) in [6.07, 6.45) is 3.39. The Morgan fingerprint density at radius 1 is 1.23 bits per heavy atom. The van der Waals surface area contributed by atoms with Gasteiger partial charge in [0, 0.05) is 4.92 Å². The molecule has 1 spiro atoms. The van der Waals surface area contributed by atoms with Crippen LogP contribution in [0.4, 0.5) is 4.39 Å². The van der Waals surface area contributed by atoms with Gasteiger partial charge in [-0.3, -0.25) is 14.9 Å². The summed E-state index contributed by atoms with van der Waals surface area (Å²) in [6, 6.07) is 4.91. The Hall–Kier alpha value is -1.98. The van der Waals surface area contributed by atoms with E-state index in [-0.39, 0.29) is 16.9 Å². The molecular formula is C16H18FNO4. The van der Waals surface area contributed by atoms with Crippen molar-refractivity contribution in [3.05, 3.63) is 45.8 Å². The molecule has 1 aromatic carbocycles. The van der Waals surface area contributed by atoms with Gasteiger partial charge in [0.15, 0.2) is 5.60 Å². The molecule has 0 aromatic heterocycles. The Labute approximate surface area is 127 Å². The number of nitro groups is 1. The fourth-order valence-corrected chi connectivity index (χ4v) is 3.93. The van der Waals surface area contributed by atoms with Gasteiger partial charge in [-0.1, -0.05) is 24.6 Å². The highest BCUT2D eigenvalue weighted by Gasteiger charge is 2.58. The summed E-state index contributed by atoms with van der Waals surface area (Å²) in [6.45, 7) is 0. The fraction of sp³-hybridized carbons (Fsp3) is 0.562. The largest absolute Gasteiger partial charge is 0.452 e.